The maximum absolute atomic E-state index is 11.2. The average Bonchev–Trinajstić information content (AvgIpc) is 2.27. The molecule has 2 N–H and O–H groups in total. The Morgan fingerprint density at radius 2 is 2.06 bits per heavy atom. The van der Waals surface area contributed by atoms with E-state index in [1.54, 1.807) is 4.90 Å². The monoisotopic (exact) mass is 249 g/mol. The summed E-state index contributed by atoms with van der Waals surface area (Å²) in [6.45, 7) is 0.268. The maximum atomic E-state index is 11.2. The third-order valence-corrected chi connectivity index (χ3v) is 2.51. The Morgan fingerprint density at radius 1 is 1.39 bits per heavy atom. The van der Waals surface area contributed by atoms with Crippen LogP contribution in [0.2, 0.25) is 0 Å². The molecular formula is C11H11N3O4. The van der Waals surface area contributed by atoms with Crippen molar-refractivity contribution in [3.8, 4) is 0 Å². The van der Waals surface area contributed by atoms with Gasteiger partial charge in [0.25, 0.3) is 0 Å². The number of carboxylic acids is 1. The number of carbonyl (C=O) groups is 3. The standard InChI is InChI=1S/C11H11N3O4/c15-9-5-14(6-10(16)13-9)4-8-7(11(17)18)2-1-3-12-8/h1-3H,4-6H2,(H,17,18)(H,13,15,16). The van der Waals surface area contributed by atoms with Crippen molar-refractivity contribution in [1.82, 2.24) is 15.2 Å². The number of hydrogen-bond donors (Lipinski definition) is 2. The number of imide groups is 1. The predicted molar refractivity (Wildman–Crippen MR) is 59.6 cm³/mol. The Morgan fingerprint density at radius 3 is 2.67 bits per heavy atom. The highest BCUT2D eigenvalue weighted by Crippen LogP contribution is 2.09. The van der Waals surface area contributed by atoms with E-state index in [1.807, 2.05) is 0 Å². The fraction of sp³-hybridized carbons (Fsp3) is 0.273. The van der Waals surface area contributed by atoms with Crippen molar-refractivity contribution in [2.45, 2.75) is 6.54 Å². The van der Waals surface area contributed by atoms with E-state index in [4.69, 9.17) is 5.11 Å². The number of rotatable bonds is 3. The van der Waals surface area contributed by atoms with Gasteiger partial charge in [0.1, 0.15) is 0 Å². The minimum atomic E-state index is -1.08. The minimum Gasteiger partial charge on any atom is -0.478 e. The van der Waals surface area contributed by atoms with Crippen LogP contribution in [0.3, 0.4) is 0 Å². The summed E-state index contributed by atoms with van der Waals surface area (Å²) in [5, 5.41) is 11.2. The molecule has 0 bridgehead atoms. The Kier molecular flexibility index (Phi) is 3.33. The molecule has 0 aromatic carbocycles. The number of pyridine rings is 1. The van der Waals surface area contributed by atoms with E-state index in [9.17, 15) is 14.4 Å². The lowest BCUT2D eigenvalue weighted by Gasteiger charge is -2.25. The SMILES string of the molecule is O=C1CN(Cc2ncccc2C(=O)O)CC(=O)N1. The van der Waals surface area contributed by atoms with Crippen molar-refractivity contribution in [1.29, 1.82) is 0 Å². The summed E-state index contributed by atoms with van der Waals surface area (Å²) >= 11 is 0. The van der Waals surface area contributed by atoms with Gasteiger partial charge in [0, 0.05) is 12.7 Å². The molecule has 2 amide bonds. The van der Waals surface area contributed by atoms with E-state index in [2.05, 4.69) is 10.3 Å². The van der Waals surface area contributed by atoms with Crippen LogP contribution in [0.5, 0.6) is 0 Å². The second-order valence-electron chi connectivity index (χ2n) is 3.92. The molecule has 0 saturated carbocycles. The van der Waals surface area contributed by atoms with Crippen LogP contribution in [-0.4, -0.2) is 45.9 Å². The quantitative estimate of drug-likeness (QED) is 0.683. The van der Waals surface area contributed by atoms with Gasteiger partial charge in [-0.3, -0.25) is 24.8 Å². The van der Waals surface area contributed by atoms with E-state index in [1.165, 1.54) is 18.3 Å². The number of carboxylic acid groups (broad SMARTS) is 1. The second-order valence-corrected chi connectivity index (χ2v) is 3.92. The summed E-state index contributed by atoms with van der Waals surface area (Å²) < 4.78 is 0. The van der Waals surface area contributed by atoms with Crippen LogP contribution >= 0.6 is 0 Å². The topological polar surface area (TPSA) is 99.6 Å². The third-order valence-electron chi connectivity index (χ3n) is 2.51. The normalized spacial score (nSPS) is 16.4. The van der Waals surface area contributed by atoms with Crippen molar-refractivity contribution < 1.29 is 19.5 Å². The van der Waals surface area contributed by atoms with Crippen LogP contribution in [0.1, 0.15) is 16.1 Å². The van der Waals surface area contributed by atoms with Crippen LogP contribution in [0.25, 0.3) is 0 Å². The summed E-state index contributed by atoms with van der Waals surface area (Å²) in [6.07, 6.45) is 1.48. The van der Waals surface area contributed by atoms with Crippen LogP contribution < -0.4 is 5.32 Å². The number of nitrogens with zero attached hydrogens (tertiary/aromatic N) is 2. The summed E-state index contributed by atoms with van der Waals surface area (Å²) in [4.78, 5) is 38.9. The number of aromatic nitrogens is 1. The highest BCUT2D eigenvalue weighted by atomic mass is 16.4. The molecule has 18 heavy (non-hydrogen) atoms. The highest BCUT2D eigenvalue weighted by molar-refractivity contribution is 5.99. The predicted octanol–water partition coefficient (Wildman–Crippen LogP) is -0.762. The molecule has 1 saturated heterocycles. The molecule has 2 rings (SSSR count). The van der Waals surface area contributed by atoms with Crippen LogP contribution in [-0.2, 0) is 16.1 Å². The fourth-order valence-corrected chi connectivity index (χ4v) is 1.78. The van der Waals surface area contributed by atoms with Gasteiger partial charge < -0.3 is 5.11 Å². The van der Waals surface area contributed by atoms with Crippen LogP contribution in [0.15, 0.2) is 18.3 Å². The third kappa shape index (κ3) is 2.69. The van der Waals surface area contributed by atoms with Crippen molar-refractivity contribution in [2.24, 2.45) is 0 Å². The van der Waals surface area contributed by atoms with Crippen molar-refractivity contribution in [3.05, 3.63) is 29.6 Å². The first-order valence-corrected chi connectivity index (χ1v) is 5.28. The van der Waals surface area contributed by atoms with E-state index < -0.39 is 5.97 Å². The lowest BCUT2D eigenvalue weighted by molar-refractivity contribution is -0.136. The zero-order valence-electron chi connectivity index (χ0n) is 9.42. The molecule has 0 aliphatic carbocycles. The molecule has 2 heterocycles. The maximum Gasteiger partial charge on any atom is 0.337 e. The van der Waals surface area contributed by atoms with Crippen molar-refractivity contribution in [2.75, 3.05) is 13.1 Å². The first-order valence-electron chi connectivity index (χ1n) is 5.28. The van der Waals surface area contributed by atoms with Crippen molar-refractivity contribution >= 4 is 17.8 Å². The van der Waals surface area contributed by atoms with Crippen LogP contribution in [0, 0.1) is 0 Å². The minimum absolute atomic E-state index is 0.0569. The van der Waals surface area contributed by atoms with Crippen LogP contribution in [0.4, 0.5) is 0 Å². The smallest absolute Gasteiger partial charge is 0.337 e. The molecule has 1 aliphatic rings. The molecule has 7 heteroatoms. The number of carbonyl (C=O) groups excluding carboxylic acids is 2. The molecule has 1 aromatic heterocycles. The van der Waals surface area contributed by atoms with Crippen molar-refractivity contribution in [3.63, 3.8) is 0 Å². The van der Waals surface area contributed by atoms with Gasteiger partial charge in [0.2, 0.25) is 11.8 Å². The summed E-state index contributed by atoms with van der Waals surface area (Å²) in [7, 11) is 0. The molecule has 0 radical (unpaired) electrons. The van der Waals surface area contributed by atoms with Gasteiger partial charge in [-0.2, -0.15) is 0 Å². The molecule has 94 valence electrons. The Labute approximate surface area is 102 Å². The fourth-order valence-electron chi connectivity index (χ4n) is 1.78. The Bertz CT molecular complexity index is 499. The number of piperazine rings is 1. The Hall–Kier alpha value is -2.28. The van der Waals surface area contributed by atoms with E-state index in [0.29, 0.717) is 5.69 Å². The molecule has 1 aromatic rings. The zero-order valence-corrected chi connectivity index (χ0v) is 9.42. The molecule has 0 unspecified atom stereocenters. The summed E-state index contributed by atoms with van der Waals surface area (Å²) in [6, 6.07) is 2.97. The van der Waals surface area contributed by atoms with Gasteiger partial charge >= 0.3 is 5.97 Å². The molecule has 1 aliphatic heterocycles. The number of nitrogens with one attached hydrogen (secondary N) is 1. The van der Waals surface area contributed by atoms with E-state index in [-0.39, 0.29) is 37.0 Å². The number of amides is 2. The first kappa shape index (κ1) is 12.2. The van der Waals surface area contributed by atoms with Gasteiger partial charge in [-0.15, -0.1) is 0 Å². The van der Waals surface area contributed by atoms with Gasteiger partial charge in [0.15, 0.2) is 0 Å². The molecular weight excluding hydrogens is 238 g/mol. The van der Waals surface area contributed by atoms with Gasteiger partial charge in [0.05, 0.1) is 24.3 Å². The molecule has 7 nitrogen and oxygen atoms in total. The Balaban J connectivity index is 2.16. The average molecular weight is 249 g/mol. The lowest BCUT2D eigenvalue weighted by atomic mass is 10.2. The highest BCUT2D eigenvalue weighted by Gasteiger charge is 2.24. The van der Waals surface area contributed by atoms with Gasteiger partial charge in [-0.05, 0) is 12.1 Å². The molecule has 0 spiro atoms. The second kappa shape index (κ2) is 4.92. The number of aromatic carboxylic acids is 1. The number of hydrogen-bond acceptors (Lipinski definition) is 5. The van der Waals surface area contributed by atoms with E-state index >= 15 is 0 Å². The molecule has 0 atom stereocenters. The van der Waals surface area contributed by atoms with E-state index in [0.717, 1.165) is 0 Å². The summed E-state index contributed by atoms with van der Waals surface area (Å²) in [5.74, 6) is -1.86. The molecule has 1 fully saturated rings. The first-order chi connectivity index (χ1) is 8.56. The van der Waals surface area contributed by atoms with Gasteiger partial charge in [-0.25, -0.2) is 4.79 Å². The largest absolute Gasteiger partial charge is 0.478 e. The lowest BCUT2D eigenvalue weighted by Crippen LogP contribution is -2.51. The summed E-state index contributed by atoms with van der Waals surface area (Å²) in [5.41, 5.74) is 0.420. The zero-order chi connectivity index (χ0) is 13.1. The van der Waals surface area contributed by atoms with Gasteiger partial charge in [-0.1, -0.05) is 0 Å².